The molecule has 0 bridgehead atoms. The standard InChI is InChI=1S/C17H15F2N3OS/c18-16(19)22-14-9-5-4-8-13(14)21-17(22)24-11-10-15(23)20-12-6-2-1-3-7-12/h1-9,16H,10-11H2,(H,20,23). The monoisotopic (exact) mass is 347 g/mol. The second kappa shape index (κ2) is 7.44. The Kier molecular flexibility index (Phi) is 5.10. The largest absolute Gasteiger partial charge is 0.326 e. The van der Waals surface area contributed by atoms with Crippen molar-refractivity contribution in [2.45, 2.75) is 18.1 Å². The number of rotatable bonds is 6. The number of amides is 1. The number of halogens is 2. The Labute approximate surface area is 141 Å². The van der Waals surface area contributed by atoms with Crippen molar-refractivity contribution in [1.29, 1.82) is 0 Å². The molecule has 1 amide bonds. The molecule has 24 heavy (non-hydrogen) atoms. The van der Waals surface area contributed by atoms with Crippen LogP contribution in [0.15, 0.2) is 59.8 Å². The Bertz CT molecular complexity index is 836. The predicted octanol–water partition coefficient (Wildman–Crippen LogP) is 4.55. The lowest BCUT2D eigenvalue weighted by atomic mass is 10.3. The minimum absolute atomic E-state index is 0.159. The van der Waals surface area contributed by atoms with Crippen molar-refractivity contribution in [2.75, 3.05) is 11.1 Å². The number of hydrogen-bond acceptors (Lipinski definition) is 3. The molecule has 0 saturated heterocycles. The van der Waals surface area contributed by atoms with Crippen LogP contribution in [-0.2, 0) is 4.79 Å². The number of alkyl halides is 2. The van der Waals surface area contributed by atoms with Crippen molar-refractivity contribution in [3.05, 3.63) is 54.6 Å². The van der Waals surface area contributed by atoms with Gasteiger partial charge in [-0.05, 0) is 24.3 Å². The van der Waals surface area contributed by atoms with Gasteiger partial charge in [0.1, 0.15) is 0 Å². The number of nitrogens with one attached hydrogen (secondary N) is 1. The van der Waals surface area contributed by atoms with Crippen LogP contribution in [0.4, 0.5) is 14.5 Å². The molecule has 3 rings (SSSR count). The summed E-state index contributed by atoms with van der Waals surface area (Å²) in [5, 5.41) is 2.99. The maximum Gasteiger partial charge on any atom is 0.321 e. The van der Waals surface area contributed by atoms with Crippen LogP contribution in [0, 0.1) is 0 Å². The highest BCUT2D eigenvalue weighted by atomic mass is 32.2. The highest BCUT2D eigenvalue weighted by Crippen LogP contribution is 2.29. The Balaban J connectivity index is 1.63. The molecule has 0 radical (unpaired) electrons. The zero-order valence-corrected chi connectivity index (χ0v) is 13.5. The summed E-state index contributed by atoms with van der Waals surface area (Å²) in [5.41, 5.74) is 1.63. The van der Waals surface area contributed by atoms with Crippen LogP contribution in [0.3, 0.4) is 0 Å². The maximum absolute atomic E-state index is 13.3. The fourth-order valence-electron chi connectivity index (χ4n) is 2.29. The Morgan fingerprint density at radius 2 is 1.83 bits per heavy atom. The van der Waals surface area contributed by atoms with E-state index >= 15 is 0 Å². The van der Waals surface area contributed by atoms with Gasteiger partial charge in [-0.15, -0.1) is 0 Å². The molecule has 0 saturated carbocycles. The van der Waals surface area contributed by atoms with Crippen molar-refractivity contribution in [1.82, 2.24) is 9.55 Å². The van der Waals surface area contributed by atoms with Gasteiger partial charge < -0.3 is 5.32 Å². The first kappa shape index (κ1) is 16.4. The zero-order chi connectivity index (χ0) is 16.9. The summed E-state index contributed by atoms with van der Waals surface area (Å²) in [6.07, 6.45) is 0.214. The third-order valence-electron chi connectivity index (χ3n) is 3.38. The molecule has 4 nitrogen and oxygen atoms in total. The van der Waals surface area contributed by atoms with Crippen LogP contribution in [-0.4, -0.2) is 21.2 Å². The van der Waals surface area contributed by atoms with Crippen LogP contribution >= 0.6 is 11.8 Å². The summed E-state index contributed by atoms with van der Waals surface area (Å²) in [6.45, 7) is -2.67. The molecule has 0 aliphatic carbocycles. The van der Waals surface area contributed by atoms with E-state index in [9.17, 15) is 13.6 Å². The zero-order valence-electron chi connectivity index (χ0n) is 12.7. The fraction of sp³-hybridized carbons (Fsp3) is 0.176. The molecular weight excluding hydrogens is 332 g/mol. The number of thioether (sulfide) groups is 1. The normalized spacial score (nSPS) is 11.1. The summed E-state index contributed by atoms with van der Waals surface area (Å²) >= 11 is 1.15. The molecule has 0 aliphatic rings. The van der Waals surface area contributed by atoms with Crippen LogP contribution < -0.4 is 5.32 Å². The molecule has 3 aromatic rings. The van der Waals surface area contributed by atoms with Crippen molar-refractivity contribution in [3.63, 3.8) is 0 Å². The van der Waals surface area contributed by atoms with Gasteiger partial charge in [-0.3, -0.25) is 9.36 Å². The molecular formula is C17H15F2N3OS. The lowest BCUT2D eigenvalue weighted by Gasteiger charge is -2.07. The highest BCUT2D eigenvalue weighted by molar-refractivity contribution is 7.99. The van der Waals surface area contributed by atoms with Crippen LogP contribution in [0.5, 0.6) is 0 Å². The van der Waals surface area contributed by atoms with E-state index in [0.717, 1.165) is 16.3 Å². The molecule has 0 unspecified atom stereocenters. The van der Waals surface area contributed by atoms with Crippen molar-refractivity contribution in [3.8, 4) is 0 Å². The molecule has 0 atom stereocenters. The molecule has 7 heteroatoms. The van der Waals surface area contributed by atoms with E-state index in [1.165, 1.54) is 0 Å². The quantitative estimate of drug-likeness (QED) is 0.665. The summed E-state index contributed by atoms with van der Waals surface area (Å²) in [5.74, 6) is 0.211. The van der Waals surface area contributed by atoms with Gasteiger partial charge in [0.15, 0.2) is 5.16 Å². The van der Waals surface area contributed by atoms with Gasteiger partial charge >= 0.3 is 6.55 Å². The number of aromatic nitrogens is 2. The number of fused-ring (bicyclic) bond motifs is 1. The van der Waals surface area contributed by atoms with Gasteiger partial charge in [-0.1, -0.05) is 42.1 Å². The molecule has 0 spiro atoms. The van der Waals surface area contributed by atoms with Gasteiger partial charge in [0.25, 0.3) is 0 Å². The SMILES string of the molecule is O=C(CCSc1nc2ccccc2n1C(F)F)Nc1ccccc1. The molecule has 2 aromatic carbocycles. The predicted molar refractivity (Wildman–Crippen MR) is 91.4 cm³/mol. The molecule has 124 valence electrons. The van der Waals surface area contributed by atoms with Gasteiger partial charge in [-0.2, -0.15) is 8.78 Å². The number of hydrogen-bond donors (Lipinski definition) is 1. The van der Waals surface area contributed by atoms with E-state index < -0.39 is 6.55 Å². The van der Waals surface area contributed by atoms with E-state index in [1.807, 2.05) is 18.2 Å². The number of carbonyl (C=O) groups excluding carboxylic acids is 1. The number of imidazole rings is 1. The third kappa shape index (κ3) is 3.73. The van der Waals surface area contributed by atoms with E-state index in [2.05, 4.69) is 10.3 Å². The van der Waals surface area contributed by atoms with Crippen LogP contribution in [0.25, 0.3) is 11.0 Å². The minimum atomic E-state index is -2.67. The number of benzene rings is 2. The second-order valence-electron chi connectivity index (χ2n) is 5.04. The number of para-hydroxylation sites is 3. The third-order valence-corrected chi connectivity index (χ3v) is 4.33. The average Bonchev–Trinajstić information content (AvgIpc) is 2.94. The maximum atomic E-state index is 13.3. The summed E-state index contributed by atoms with van der Waals surface area (Å²) in [7, 11) is 0. The van der Waals surface area contributed by atoms with Gasteiger partial charge in [-0.25, -0.2) is 4.98 Å². The van der Waals surface area contributed by atoms with Crippen molar-refractivity contribution < 1.29 is 13.6 Å². The van der Waals surface area contributed by atoms with E-state index in [0.29, 0.717) is 22.5 Å². The van der Waals surface area contributed by atoms with E-state index in [4.69, 9.17) is 0 Å². The second-order valence-corrected chi connectivity index (χ2v) is 6.11. The first-order valence-corrected chi connectivity index (χ1v) is 8.36. The van der Waals surface area contributed by atoms with Crippen LogP contribution in [0.1, 0.15) is 13.0 Å². The average molecular weight is 347 g/mol. The number of nitrogens with zero attached hydrogens (tertiary/aromatic N) is 2. The van der Waals surface area contributed by atoms with Gasteiger partial charge in [0.05, 0.1) is 11.0 Å². The van der Waals surface area contributed by atoms with E-state index in [-0.39, 0.29) is 17.5 Å². The molecule has 1 N–H and O–H groups in total. The van der Waals surface area contributed by atoms with Gasteiger partial charge in [0.2, 0.25) is 5.91 Å². The molecule has 1 heterocycles. The van der Waals surface area contributed by atoms with Gasteiger partial charge in [0, 0.05) is 17.9 Å². The minimum Gasteiger partial charge on any atom is -0.326 e. The summed E-state index contributed by atoms with van der Waals surface area (Å²) < 4.78 is 27.5. The highest BCUT2D eigenvalue weighted by Gasteiger charge is 2.18. The number of carbonyl (C=O) groups is 1. The number of anilines is 1. The lowest BCUT2D eigenvalue weighted by Crippen LogP contribution is -2.12. The van der Waals surface area contributed by atoms with E-state index in [1.54, 1.807) is 36.4 Å². The molecule has 0 fully saturated rings. The summed E-state index contributed by atoms with van der Waals surface area (Å²) in [6, 6.07) is 15.9. The smallest absolute Gasteiger partial charge is 0.321 e. The van der Waals surface area contributed by atoms with Crippen molar-refractivity contribution >= 4 is 34.4 Å². The Morgan fingerprint density at radius 1 is 1.12 bits per heavy atom. The van der Waals surface area contributed by atoms with Crippen LogP contribution in [0.2, 0.25) is 0 Å². The Hall–Kier alpha value is -2.41. The Morgan fingerprint density at radius 3 is 2.58 bits per heavy atom. The first-order chi connectivity index (χ1) is 11.6. The first-order valence-electron chi connectivity index (χ1n) is 7.38. The summed E-state index contributed by atoms with van der Waals surface area (Å²) in [4.78, 5) is 16.1. The molecule has 0 aliphatic heterocycles. The topological polar surface area (TPSA) is 46.9 Å². The lowest BCUT2D eigenvalue weighted by molar-refractivity contribution is -0.115. The van der Waals surface area contributed by atoms with Crippen molar-refractivity contribution in [2.24, 2.45) is 0 Å². The fourth-order valence-corrected chi connectivity index (χ4v) is 3.24. The molecule has 1 aromatic heterocycles.